The van der Waals surface area contributed by atoms with Gasteiger partial charge >= 0.3 is 12.2 Å². The highest BCUT2D eigenvalue weighted by atomic mass is 16.8. The number of amides is 2. The summed E-state index contributed by atoms with van der Waals surface area (Å²) in [7, 11) is 2.71. The van der Waals surface area contributed by atoms with Crippen molar-refractivity contribution in [3.63, 3.8) is 0 Å². The van der Waals surface area contributed by atoms with Gasteiger partial charge in [-0.2, -0.15) is 5.10 Å². The van der Waals surface area contributed by atoms with Crippen LogP contribution in [0.25, 0.3) is 0 Å². The smallest absolute Gasteiger partial charge is 0.442 e. The fraction of sp³-hybridized carbons (Fsp3) is 0.750. The zero-order valence-electron chi connectivity index (χ0n) is 20.2. The number of oxime groups is 1. The molecule has 31 heavy (non-hydrogen) atoms. The van der Waals surface area contributed by atoms with Crippen molar-refractivity contribution in [3.8, 4) is 0 Å². The van der Waals surface area contributed by atoms with Crippen molar-refractivity contribution in [2.24, 2.45) is 16.2 Å². The molecule has 1 aliphatic heterocycles. The lowest BCUT2D eigenvalue weighted by atomic mass is 9.82. The van der Waals surface area contributed by atoms with Gasteiger partial charge in [0, 0.05) is 7.05 Å². The summed E-state index contributed by atoms with van der Waals surface area (Å²) in [5, 5.41) is 9.77. The lowest BCUT2D eigenvalue weighted by Gasteiger charge is -2.38. The molecule has 1 heterocycles. The molecule has 1 aliphatic rings. The minimum Gasteiger partial charge on any atom is -0.442 e. The third-order valence-corrected chi connectivity index (χ3v) is 3.95. The van der Waals surface area contributed by atoms with Crippen molar-refractivity contribution in [3.05, 3.63) is 0 Å². The van der Waals surface area contributed by atoms with E-state index < -0.39 is 34.9 Å². The molecule has 0 N–H and O–H groups in total. The van der Waals surface area contributed by atoms with Crippen LogP contribution in [0.2, 0.25) is 0 Å². The largest absolute Gasteiger partial charge is 0.534 e. The van der Waals surface area contributed by atoms with E-state index in [0.717, 1.165) is 5.01 Å². The van der Waals surface area contributed by atoms with Crippen LogP contribution in [0.1, 0.15) is 62.3 Å². The van der Waals surface area contributed by atoms with Crippen LogP contribution < -0.4 is 0 Å². The van der Waals surface area contributed by atoms with Crippen LogP contribution in [0.5, 0.6) is 0 Å². The third kappa shape index (κ3) is 5.86. The van der Waals surface area contributed by atoms with Gasteiger partial charge < -0.3 is 14.3 Å². The summed E-state index contributed by atoms with van der Waals surface area (Å²) in [6.07, 6.45) is -2.30. The molecule has 0 saturated heterocycles. The average Bonchev–Trinajstić information content (AvgIpc) is 2.82. The van der Waals surface area contributed by atoms with E-state index in [2.05, 4.69) is 10.3 Å². The van der Waals surface area contributed by atoms with E-state index in [1.807, 2.05) is 0 Å². The molecule has 1 unspecified atom stereocenters. The van der Waals surface area contributed by atoms with Gasteiger partial charge in [-0.3, -0.25) is 9.63 Å². The molecule has 0 spiro atoms. The fourth-order valence-corrected chi connectivity index (χ4v) is 2.93. The average molecular weight is 443 g/mol. The summed E-state index contributed by atoms with van der Waals surface area (Å²) < 4.78 is 10.6. The summed E-state index contributed by atoms with van der Waals surface area (Å²) in [6, 6.07) is 0. The van der Waals surface area contributed by atoms with E-state index in [1.54, 1.807) is 55.4 Å². The Labute approximate surface area is 183 Å². The van der Waals surface area contributed by atoms with Crippen molar-refractivity contribution in [2.45, 2.75) is 79.1 Å². The Morgan fingerprint density at radius 3 is 2.03 bits per heavy atom. The monoisotopic (exact) mass is 442 g/mol. The van der Waals surface area contributed by atoms with Gasteiger partial charge in [0.25, 0.3) is 5.91 Å². The summed E-state index contributed by atoms with van der Waals surface area (Å²) in [5.74, 6) is -1.02. The number of rotatable bonds is 4. The molecule has 176 valence electrons. The van der Waals surface area contributed by atoms with E-state index in [1.165, 1.54) is 21.1 Å². The Bertz CT molecular complexity index is 777. The van der Waals surface area contributed by atoms with Crippen molar-refractivity contribution < 1.29 is 33.5 Å². The quantitative estimate of drug-likeness (QED) is 0.372. The first-order valence-electron chi connectivity index (χ1n) is 9.87. The van der Waals surface area contributed by atoms with Gasteiger partial charge in [0.1, 0.15) is 18.3 Å². The fourth-order valence-electron chi connectivity index (χ4n) is 2.93. The Kier molecular flexibility index (Phi) is 7.69. The zero-order chi connectivity index (χ0) is 24.4. The number of nitrogens with zero attached hydrogens (tertiary/aromatic N) is 4. The van der Waals surface area contributed by atoms with Gasteiger partial charge in [0.2, 0.25) is 5.54 Å². The number of hydrogen-bond acceptors (Lipinski definition) is 9. The lowest BCUT2D eigenvalue weighted by molar-refractivity contribution is -0.169. The Balaban J connectivity index is 3.75. The number of ether oxygens (including phenoxy) is 2. The molecule has 1 rings (SSSR count). The Morgan fingerprint density at radius 2 is 1.61 bits per heavy atom. The molecule has 0 aromatic rings. The van der Waals surface area contributed by atoms with Crippen LogP contribution in [0.15, 0.2) is 10.3 Å². The summed E-state index contributed by atoms with van der Waals surface area (Å²) in [5.41, 5.74) is -3.65. The molecule has 0 aliphatic carbocycles. The lowest BCUT2D eigenvalue weighted by Crippen LogP contribution is -2.67. The molecule has 0 bridgehead atoms. The molecule has 11 nitrogen and oxygen atoms in total. The van der Waals surface area contributed by atoms with Crippen molar-refractivity contribution in [1.82, 2.24) is 10.1 Å². The maximum atomic E-state index is 13.4. The number of carbonyl (C=O) groups is 3. The van der Waals surface area contributed by atoms with Crippen LogP contribution >= 0.6 is 0 Å². The standard InChI is InChI=1S/C20H34N4O7/c1-12(2)14-20(13(3)22-28-11,15(25)23(10)21-14)24(16(26)29-18(4,5)6)31-17(27)30-19(7,8)9/h12H,1-11H3. The summed E-state index contributed by atoms with van der Waals surface area (Å²) in [4.78, 5) is 49.4. The van der Waals surface area contributed by atoms with Gasteiger partial charge in [-0.25, -0.2) is 14.6 Å². The van der Waals surface area contributed by atoms with Gasteiger partial charge in [0.05, 0.1) is 11.4 Å². The maximum Gasteiger partial charge on any atom is 0.534 e. The number of hydrazone groups is 1. The van der Waals surface area contributed by atoms with Crippen LogP contribution in [0, 0.1) is 5.92 Å². The minimum atomic E-state index is -2.02. The molecule has 0 fully saturated rings. The molecule has 2 amide bonds. The summed E-state index contributed by atoms with van der Waals surface area (Å²) >= 11 is 0. The van der Waals surface area contributed by atoms with E-state index in [-0.39, 0.29) is 17.3 Å². The molecule has 1 atom stereocenters. The molecule has 0 radical (unpaired) electrons. The Hall–Kier alpha value is -2.85. The van der Waals surface area contributed by atoms with E-state index >= 15 is 0 Å². The highest BCUT2D eigenvalue weighted by molar-refractivity contribution is 6.34. The van der Waals surface area contributed by atoms with Gasteiger partial charge in [-0.1, -0.05) is 19.0 Å². The second-order valence-electron chi connectivity index (χ2n) is 9.37. The minimum absolute atomic E-state index is 0.0196. The predicted octanol–water partition coefficient (Wildman–Crippen LogP) is 3.34. The van der Waals surface area contributed by atoms with E-state index in [4.69, 9.17) is 19.1 Å². The molecule has 0 aromatic heterocycles. The highest BCUT2D eigenvalue weighted by Crippen LogP contribution is 2.34. The first-order valence-corrected chi connectivity index (χ1v) is 9.87. The topological polar surface area (TPSA) is 119 Å². The first kappa shape index (κ1) is 26.2. The highest BCUT2D eigenvalue weighted by Gasteiger charge is 2.63. The normalized spacial score (nSPS) is 19.9. The van der Waals surface area contributed by atoms with Crippen molar-refractivity contribution >= 4 is 29.6 Å². The van der Waals surface area contributed by atoms with Crippen LogP contribution in [0.4, 0.5) is 9.59 Å². The molecule has 11 heteroatoms. The number of hydroxylamine groups is 2. The van der Waals surface area contributed by atoms with E-state index in [0.29, 0.717) is 5.06 Å². The third-order valence-electron chi connectivity index (χ3n) is 3.95. The zero-order valence-corrected chi connectivity index (χ0v) is 20.2. The maximum absolute atomic E-state index is 13.4. The number of carbonyl (C=O) groups excluding carboxylic acids is 3. The van der Waals surface area contributed by atoms with Gasteiger partial charge in [0.15, 0.2) is 0 Å². The second-order valence-corrected chi connectivity index (χ2v) is 9.37. The van der Waals surface area contributed by atoms with Gasteiger partial charge in [-0.15, -0.1) is 5.06 Å². The van der Waals surface area contributed by atoms with Crippen LogP contribution in [-0.2, 0) is 23.9 Å². The number of likely N-dealkylation sites (N-methyl/N-ethyl adjacent to an activating group) is 1. The van der Waals surface area contributed by atoms with E-state index in [9.17, 15) is 14.4 Å². The van der Waals surface area contributed by atoms with Crippen molar-refractivity contribution in [1.29, 1.82) is 0 Å². The Morgan fingerprint density at radius 1 is 1.10 bits per heavy atom. The van der Waals surface area contributed by atoms with Crippen molar-refractivity contribution in [2.75, 3.05) is 14.2 Å². The summed E-state index contributed by atoms with van der Waals surface area (Å²) in [6.45, 7) is 14.8. The number of hydrogen-bond donors (Lipinski definition) is 0. The predicted molar refractivity (Wildman–Crippen MR) is 113 cm³/mol. The van der Waals surface area contributed by atoms with Gasteiger partial charge in [-0.05, 0) is 54.4 Å². The molecular weight excluding hydrogens is 408 g/mol. The van der Waals surface area contributed by atoms with Crippen LogP contribution in [0.3, 0.4) is 0 Å². The first-order chi connectivity index (χ1) is 14.0. The SMILES string of the molecule is CON=C(C)C1(N(OC(=O)OC(C)(C)C)C(=O)OC(C)(C)C)C(=O)N(C)N=C1C(C)C. The molecule has 0 aromatic carbocycles. The molecule has 0 saturated carbocycles. The van der Waals surface area contributed by atoms with Crippen LogP contribution in [-0.4, -0.2) is 70.5 Å². The molecular formula is C20H34N4O7. The second kappa shape index (κ2) is 9.11.